The zero-order chi connectivity index (χ0) is 15.4. The van der Waals surface area contributed by atoms with E-state index in [-0.39, 0.29) is 13.0 Å². The van der Waals surface area contributed by atoms with Crippen molar-refractivity contribution in [1.82, 2.24) is 15.7 Å². The molecule has 21 heavy (non-hydrogen) atoms. The molecule has 1 aliphatic rings. The molecule has 1 heterocycles. The lowest BCUT2D eigenvalue weighted by Gasteiger charge is -2.18. The fraction of sp³-hybridized carbons (Fsp3) is 0.357. The van der Waals surface area contributed by atoms with E-state index in [0.29, 0.717) is 5.06 Å². The third-order valence-corrected chi connectivity index (χ3v) is 3.20. The Hall–Kier alpha value is -2.41. The lowest BCUT2D eigenvalue weighted by molar-refractivity contribution is -0.167. The molecule has 0 bridgehead atoms. The minimum atomic E-state index is -0.961. The SMILES string of the molecule is CC(=O)N[C@H]1CN(O)C(=O)[C@H](Cc2ccccc2)NC1=O. The second-order valence-corrected chi connectivity index (χ2v) is 4.92. The van der Waals surface area contributed by atoms with E-state index < -0.39 is 29.8 Å². The smallest absolute Gasteiger partial charge is 0.268 e. The maximum atomic E-state index is 12.1. The first-order valence-corrected chi connectivity index (χ1v) is 6.59. The van der Waals surface area contributed by atoms with E-state index in [0.717, 1.165) is 5.56 Å². The molecule has 1 aliphatic heterocycles. The van der Waals surface area contributed by atoms with Crippen LogP contribution in [0.4, 0.5) is 0 Å². The van der Waals surface area contributed by atoms with Gasteiger partial charge in [0.15, 0.2) is 0 Å². The quantitative estimate of drug-likeness (QED) is 0.651. The predicted octanol–water partition coefficient (Wildman–Crippen LogP) is -0.550. The van der Waals surface area contributed by atoms with E-state index in [9.17, 15) is 19.6 Å². The lowest BCUT2D eigenvalue weighted by Crippen LogP contribution is -2.49. The molecule has 1 aromatic carbocycles. The molecule has 1 aromatic rings. The highest BCUT2D eigenvalue weighted by Gasteiger charge is 2.35. The molecular formula is C14H17N3O4. The minimum absolute atomic E-state index is 0.268. The highest BCUT2D eigenvalue weighted by Crippen LogP contribution is 2.09. The summed E-state index contributed by atoms with van der Waals surface area (Å²) in [5, 5.41) is 15.2. The van der Waals surface area contributed by atoms with E-state index in [1.165, 1.54) is 6.92 Å². The Morgan fingerprint density at radius 1 is 1.38 bits per heavy atom. The number of carbonyl (C=O) groups excluding carboxylic acids is 3. The van der Waals surface area contributed by atoms with Crippen LogP contribution in [0.1, 0.15) is 12.5 Å². The summed E-state index contributed by atoms with van der Waals surface area (Å²) in [4.78, 5) is 35.2. The van der Waals surface area contributed by atoms with E-state index in [1.807, 2.05) is 30.3 Å². The van der Waals surface area contributed by atoms with Gasteiger partial charge in [0.05, 0.1) is 6.54 Å². The summed E-state index contributed by atoms with van der Waals surface area (Å²) in [6, 6.07) is 7.35. The van der Waals surface area contributed by atoms with Gasteiger partial charge in [-0.1, -0.05) is 30.3 Å². The molecule has 0 spiro atoms. The van der Waals surface area contributed by atoms with Gasteiger partial charge < -0.3 is 10.6 Å². The Morgan fingerprint density at radius 2 is 2.05 bits per heavy atom. The summed E-state index contributed by atoms with van der Waals surface area (Å²) in [7, 11) is 0. The number of nitrogens with zero attached hydrogens (tertiary/aromatic N) is 1. The molecule has 0 aromatic heterocycles. The largest absolute Gasteiger partial charge is 0.343 e. The van der Waals surface area contributed by atoms with Crippen molar-refractivity contribution in [3.8, 4) is 0 Å². The standard InChI is InChI=1S/C14H17N3O4/c1-9(18)15-12-8-17(21)14(20)11(16-13(12)19)7-10-5-3-2-4-6-10/h2-6,11-12,21H,7-8H2,1H3,(H,15,18)(H,16,19)/t11-,12-/m0/s1. The van der Waals surface area contributed by atoms with Crippen LogP contribution in [0.25, 0.3) is 0 Å². The summed E-state index contributed by atoms with van der Waals surface area (Å²) in [6.45, 7) is 0.999. The number of rotatable bonds is 3. The normalized spacial score (nSPS) is 22.5. The van der Waals surface area contributed by atoms with Gasteiger partial charge in [-0.25, -0.2) is 5.06 Å². The molecule has 2 rings (SSSR count). The Bertz CT molecular complexity index is 546. The van der Waals surface area contributed by atoms with Gasteiger partial charge in [0.25, 0.3) is 5.91 Å². The summed E-state index contributed by atoms with van der Waals surface area (Å²) >= 11 is 0. The fourth-order valence-electron chi connectivity index (χ4n) is 2.20. The number of nitrogens with one attached hydrogen (secondary N) is 2. The highest BCUT2D eigenvalue weighted by atomic mass is 16.5. The van der Waals surface area contributed by atoms with Crippen LogP contribution in [0, 0.1) is 0 Å². The van der Waals surface area contributed by atoms with Crippen LogP contribution in [-0.2, 0) is 20.8 Å². The maximum absolute atomic E-state index is 12.1. The van der Waals surface area contributed by atoms with Crippen LogP contribution in [0.15, 0.2) is 30.3 Å². The van der Waals surface area contributed by atoms with Gasteiger partial charge in [0.2, 0.25) is 11.8 Å². The van der Waals surface area contributed by atoms with E-state index >= 15 is 0 Å². The van der Waals surface area contributed by atoms with Gasteiger partial charge in [0, 0.05) is 13.3 Å². The Kier molecular flexibility index (Phi) is 4.54. The second kappa shape index (κ2) is 6.36. The Morgan fingerprint density at radius 3 is 2.67 bits per heavy atom. The molecule has 2 atom stereocenters. The first-order valence-electron chi connectivity index (χ1n) is 6.59. The summed E-state index contributed by atoms with van der Waals surface area (Å²) in [6.07, 6.45) is 0.273. The Labute approximate surface area is 121 Å². The molecule has 112 valence electrons. The van der Waals surface area contributed by atoms with Crippen LogP contribution in [0.2, 0.25) is 0 Å². The molecular weight excluding hydrogens is 274 g/mol. The monoisotopic (exact) mass is 291 g/mol. The van der Waals surface area contributed by atoms with Crippen molar-refractivity contribution in [3.05, 3.63) is 35.9 Å². The number of benzene rings is 1. The number of hydrogen-bond donors (Lipinski definition) is 3. The number of amides is 3. The molecule has 0 unspecified atom stereocenters. The highest BCUT2D eigenvalue weighted by molar-refractivity contribution is 5.94. The van der Waals surface area contributed by atoms with Gasteiger partial charge >= 0.3 is 0 Å². The van der Waals surface area contributed by atoms with Crippen molar-refractivity contribution >= 4 is 17.7 Å². The lowest BCUT2D eigenvalue weighted by atomic mass is 10.1. The van der Waals surface area contributed by atoms with Gasteiger partial charge in [0.1, 0.15) is 12.1 Å². The third kappa shape index (κ3) is 3.79. The second-order valence-electron chi connectivity index (χ2n) is 4.92. The number of carbonyl (C=O) groups is 3. The van der Waals surface area contributed by atoms with Crippen LogP contribution in [0.3, 0.4) is 0 Å². The third-order valence-electron chi connectivity index (χ3n) is 3.20. The fourth-order valence-corrected chi connectivity index (χ4v) is 2.20. The summed E-state index contributed by atoms with van der Waals surface area (Å²) in [5.74, 6) is -1.49. The molecule has 1 saturated heterocycles. The van der Waals surface area contributed by atoms with Crippen molar-refractivity contribution in [2.45, 2.75) is 25.4 Å². The van der Waals surface area contributed by atoms with Gasteiger partial charge in [-0.05, 0) is 5.56 Å². The van der Waals surface area contributed by atoms with Gasteiger partial charge in [-0.2, -0.15) is 0 Å². The van der Waals surface area contributed by atoms with Crippen molar-refractivity contribution in [2.75, 3.05) is 6.54 Å². The van der Waals surface area contributed by atoms with Crippen LogP contribution in [-0.4, -0.2) is 46.6 Å². The first-order chi connectivity index (χ1) is 9.97. The van der Waals surface area contributed by atoms with Crippen molar-refractivity contribution in [1.29, 1.82) is 0 Å². The molecule has 0 saturated carbocycles. The van der Waals surface area contributed by atoms with E-state index in [2.05, 4.69) is 10.6 Å². The molecule has 7 nitrogen and oxygen atoms in total. The minimum Gasteiger partial charge on any atom is -0.343 e. The predicted molar refractivity (Wildman–Crippen MR) is 73.2 cm³/mol. The van der Waals surface area contributed by atoms with Crippen molar-refractivity contribution in [3.63, 3.8) is 0 Å². The molecule has 0 radical (unpaired) electrons. The zero-order valence-corrected chi connectivity index (χ0v) is 11.6. The van der Waals surface area contributed by atoms with E-state index in [1.54, 1.807) is 0 Å². The Balaban J connectivity index is 2.14. The zero-order valence-electron chi connectivity index (χ0n) is 11.6. The molecule has 1 fully saturated rings. The number of hydroxylamine groups is 2. The van der Waals surface area contributed by atoms with Gasteiger partial charge in [-0.15, -0.1) is 0 Å². The van der Waals surface area contributed by atoms with E-state index in [4.69, 9.17) is 0 Å². The van der Waals surface area contributed by atoms with Crippen molar-refractivity contribution < 1.29 is 19.6 Å². The molecule has 3 amide bonds. The molecule has 3 N–H and O–H groups in total. The average molecular weight is 291 g/mol. The number of hydrogen-bond acceptors (Lipinski definition) is 4. The average Bonchev–Trinajstić information content (AvgIpc) is 2.53. The molecule has 0 aliphatic carbocycles. The topological polar surface area (TPSA) is 98.7 Å². The van der Waals surface area contributed by atoms with Crippen LogP contribution in [0.5, 0.6) is 0 Å². The molecule has 7 heteroatoms. The van der Waals surface area contributed by atoms with Crippen molar-refractivity contribution in [2.24, 2.45) is 0 Å². The first kappa shape index (κ1) is 15.0. The van der Waals surface area contributed by atoms with Crippen LogP contribution < -0.4 is 10.6 Å². The summed E-state index contributed by atoms with van der Waals surface area (Å²) < 4.78 is 0. The summed E-state index contributed by atoms with van der Waals surface area (Å²) in [5.41, 5.74) is 0.863. The maximum Gasteiger partial charge on any atom is 0.268 e. The van der Waals surface area contributed by atoms with Gasteiger partial charge in [-0.3, -0.25) is 19.6 Å². The van der Waals surface area contributed by atoms with Crippen LogP contribution >= 0.6 is 0 Å².